The molecule has 0 unspecified atom stereocenters. The predicted molar refractivity (Wildman–Crippen MR) is 196 cm³/mol. The molecule has 6 aromatic rings. The highest BCUT2D eigenvalue weighted by atomic mass is 16.5. The molecule has 4 nitrogen and oxygen atoms in total. The molecule has 0 atom stereocenters. The Bertz CT molecular complexity index is 1790. The predicted octanol–water partition coefficient (Wildman–Crippen LogP) is 10.1. The van der Waals surface area contributed by atoms with E-state index in [2.05, 4.69) is 146 Å². The summed E-state index contributed by atoms with van der Waals surface area (Å²) in [4.78, 5) is 0. The molecule has 0 fully saturated rings. The maximum absolute atomic E-state index is 6.26. The molecule has 48 heavy (non-hydrogen) atoms. The van der Waals surface area contributed by atoms with E-state index in [-0.39, 0.29) is 0 Å². The molecule has 0 saturated carbocycles. The van der Waals surface area contributed by atoms with Crippen LogP contribution in [0.2, 0.25) is 0 Å². The van der Waals surface area contributed by atoms with Crippen molar-refractivity contribution in [2.24, 2.45) is 0 Å². The molecule has 0 bridgehead atoms. The van der Waals surface area contributed by atoms with Crippen LogP contribution < -0.4 is 9.47 Å². The van der Waals surface area contributed by atoms with Crippen molar-refractivity contribution >= 4 is 0 Å². The Balaban J connectivity index is 1.54. The lowest BCUT2D eigenvalue weighted by atomic mass is 9.70. The molecular weight excluding hydrogens is 592 g/mol. The summed E-state index contributed by atoms with van der Waals surface area (Å²) < 4.78 is 23.1. The van der Waals surface area contributed by atoms with Gasteiger partial charge < -0.3 is 18.9 Å². The summed E-state index contributed by atoms with van der Waals surface area (Å²) in [6, 6.07) is 53.5. The van der Waals surface area contributed by atoms with E-state index in [4.69, 9.17) is 18.9 Å². The van der Waals surface area contributed by atoms with E-state index in [1.54, 1.807) is 14.2 Å². The highest BCUT2D eigenvalue weighted by Gasteiger charge is 2.33. The highest BCUT2D eigenvalue weighted by molar-refractivity contribution is 5.75. The van der Waals surface area contributed by atoms with E-state index in [9.17, 15) is 0 Å². The molecule has 0 saturated heterocycles. The molecule has 4 heteroatoms. The van der Waals surface area contributed by atoms with E-state index in [0.717, 1.165) is 44.9 Å². The Kier molecular flexibility index (Phi) is 10.7. The summed E-state index contributed by atoms with van der Waals surface area (Å²) in [6.07, 6.45) is 0. The zero-order chi connectivity index (χ0) is 33.2. The molecule has 6 rings (SSSR count). The average molecular weight is 635 g/mol. The summed E-state index contributed by atoms with van der Waals surface area (Å²) in [5, 5.41) is 0. The lowest BCUT2D eigenvalue weighted by Gasteiger charge is -2.33. The number of methoxy groups -OCH3 is 2. The monoisotopic (exact) mass is 634 g/mol. The molecule has 0 aromatic heterocycles. The van der Waals surface area contributed by atoms with Crippen molar-refractivity contribution in [1.29, 1.82) is 0 Å². The van der Waals surface area contributed by atoms with Gasteiger partial charge in [0.1, 0.15) is 24.7 Å². The summed E-state index contributed by atoms with van der Waals surface area (Å²) >= 11 is 0. The van der Waals surface area contributed by atoms with Gasteiger partial charge in [-0.2, -0.15) is 0 Å². The zero-order valence-electron chi connectivity index (χ0n) is 27.9. The minimum absolute atomic E-state index is 0.471. The summed E-state index contributed by atoms with van der Waals surface area (Å²) in [6.45, 7) is 4.29. The SMILES string of the molecule is COCCOc1ccc(C(C)(c2ccc(-c3ccccc3)cc2)c2ccc(OCCOC)c(-c3ccccc3)c2)cc1-c1ccccc1. The Labute approximate surface area is 284 Å². The van der Waals surface area contributed by atoms with Gasteiger partial charge in [-0.3, -0.25) is 0 Å². The largest absolute Gasteiger partial charge is 0.491 e. The van der Waals surface area contributed by atoms with E-state index >= 15 is 0 Å². The fraction of sp³-hybridized carbons (Fsp3) is 0.182. The van der Waals surface area contributed by atoms with Crippen molar-refractivity contribution in [2.75, 3.05) is 40.6 Å². The van der Waals surface area contributed by atoms with Crippen LogP contribution >= 0.6 is 0 Å². The number of rotatable bonds is 14. The third-order valence-corrected chi connectivity index (χ3v) is 8.94. The van der Waals surface area contributed by atoms with Crippen LogP contribution in [0.25, 0.3) is 33.4 Å². The van der Waals surface area contributed by atoms with Gasteiger partial charge in [0.2, 0.25) is 0 Å². The number of hydrogen-bond donors (Lipinski definition) is 0. The normalized spacial score (nSPS) is 11.3. The number of benzene rings is 6. The maximum Gasteiger partial charge on any atom is 0.127 e. The van der Waals surface area contributed by atoms with Gasteiger partial charge in [-0.15, -0.1) is 0 Å². The second-order valence-electron chi connectivity index (χ2n) is 11.9. The Morgan fingerprint density at radius 3 is 1.19 bits per heavy atom. The third-order valence-electron chi connectivity index (χ3n) is 8.94. The molecule has 0 spiro atoms. The standard InChI is InChI=1S/C44H42O4/c1-44(37-21-19-34(20-22-37)33-13-7-4-8-14-33,38-23-25-42(47-29-27-45-2)40(31-38)35-15-9-5-10-16-35)39-24-26-43(48-30-28-46-3)41(32-39)36-17-11-6-12-18-36/h4-26,31-32H,27-30H2,1-3H3. The minimum atomic E-state index is -0.529. The van der Waals surface area contributed by atoms with E-state index in [0.29, 0.717) is 26.4 Å². The Hall–Kier alpha value is -5.16. The van der Waals surface area contributed by atoms with Crippen LogP contribution in [0.15, 0.2) is 152 Å². The molecule has 0 radical (unpaired) electrons. The molecule has 6 aromatic carbocycles. The van der Waals surface area contributed by atoms with Crippen molar-refractivity contribution < 1.29 is 18.9 Å². The lowest BCUT2D eigenvalue weighted by Crippen LogP contribution is -2.25. The van der Waals surface area contributed by atoms with Crippen molar-refractivity contribution in [3.63, 3.8) is 0 Å². The van der Waals surface area contributed by atoms with E-state index < -0.39 is 5.41 Å². The van der Waals surface area contributed by atoms with Crippen molar-refractivity contribution in [3.05, 3.63) is 168 Å². The summed E-state index contributed by atoms with van der Waals surface area (Å²) in [5.74, 6) is 1.66. The van der Waals surface area contributed by atoms with Crippen LogP contribution in [0, 0.1) is 0 Å². The lowest BCUT2D eigenvalue weighted by molar-refractivity contribution is 0.146. The smallest absolute Gasteiger partial charge is 0.127 e. The molecule has 0 aliphatic heterocycles. The number of hydrogen-bond acceptors (Lipinski definition) is 4. The van der Waals surface area contributed by atoms with Crippen LogP contribution in [-0.4, -0.2) is 40.6 Å². The first-order valence-electron chi connectivity index (χ1n) is 16.4. The van der Waals surface area contributed by atoms with Crippen molar-refractivity contribution in [3.8, 4) is 44.9 Å². The van der Waals surface area contributed by atoms with Crippen molar-refractivity contribution in [2.45, 2.75) is 12.3 Å². The molecule has 0 N–H and O–H groups in total. The quantitative estimate of drug-likeness (QED) is 0.0883. The molecular formula is C44H42O4. The first-order chi connectivity index (χ1) is 23.6. The average Bonchev–Trinajstić information content (AvgIpc) is 3.16. The molecule has 242 valence electrons. The van der Waals surface area contributed by atoms with Gasteiger partial charge in [-0.1, -0.05) is 127 Å². The molecule has 0 aliphatic rings. The van der Waals surface area contributed by atoms with E-state index in [1.807, 2.05) is 12.1 Å². The van der Waals surface area contributed by atoms with Gasteiger partial charge in [-0.25, -0.2) is 0 Å². The second kappa shape index (κ2) is 15.6. The summed E-state index contributed by atoms with van der Waals surface area (Å²) in [5.41, 5.74) is 9.61. The Morgan fingerprint density at radius 1 is 0.396 bits per heavy atom. The van der Waals surface area contributed by atoms with Crippen LogP contribution in [0.3, 0.4) is 0 Å². The second-order valence-corrected chi connectivity index (χ2v) is 11.9. The summed E-state index contributed by atoms with van der Waals surface area (Å²) in [7, 11) is 3.38. The van der Waals surface area contributed by atoms with Gasteiger partial charge in [0.05, 0.1) is 13.2 Å². The van der Waals surface area contributed by atoms with Crippen LogP contribution in [0.1, 0.15) is 23.6 Å². The molecule has 0 aliphatic carbocycles. The molecule has 0 amide bonds. The first-order valence-corrected chi connectivity index (χ1v) is 16.4. The first kappa shape index (κ1) is 32.8. The number of ether oxygens (including phenoxy) is 4. The van der Waals surface area contributed by atoms with Gasteiger partial charge in [0.25, 0.3) is 0 Å². The van der Waals surface area contributed by atoms with Gasteiger partial charge >= 0.3 is 0 Å². The van der Waals surface area contributed by atoms with Crippen LogP contribution in [-0.2, 0) is 14.9 Å². The molecule has 0 heterocycles. The van der Waals surface area contributed by atoms with Gasteiger partial charge in [0, 0.05) is 30.8 Å². The van der Waals surface area contributed by atoms with Gasteiger partial charge in [0.15, 0.2) is 0 Å². The van der Waals surface area contributed by atoms with Crippen LogP contribution in [0.5, 0.6) is 11.5 Å². The van der Waals surface area contributed by atoms with Gasteiger partial charge in [-0.05, 0) is 70.1 Å². The fourth-order valence-corrected chi connectivity index (χ4v) is 6.22. The van der Waals surface area contributed by atoms with Crippen LogP contribution in [0.4, 0.5) is 0 Å². The van der Waals surface area contributed by atoms with Crippen molar-refractivity contribution in [1.82, 2.24) is 0 Å². The maximum atomic E-state index is 6.26. The topological polar surface area (TPSA) is 36.9 Å². The zero-order valence-corrected chi connectivity index (χ0v) is 27.9. The highest BCUT2D eigenvalue weighted by Crippen LogP contribution is 2.45. The fourth-order valence-electron chi connectivity index (χ4n) is 6.22. The van der Waals surface area contributed by atoms with E-state index in [1.165, 1.54) is 16.7 Å². The Morgan fingerprint density at radius 2 is 0.771 bits per heavy atom. The third kappa shape index (κ3) is 7.21. The minimum Gasteiger partial charge on any atom is -0.491 e.